The number of carboxylic acids is 1. The number of carbonyl (C=O) groups is 2. The summed E-state index contributed by atoms with van der Waals surface area (Å²) in [6, 6.07) is 7.19. The highest BCUT2D eigenvalue weighted by Gasteiger charge is 2.33. The fourth-order valence-electron chi connectivity index (χ4n) is 2.03. The first-order chi connectivity index (χ1) is 9.28. The third-order valence-corrected chi connectivity index (χ3v) is 3.58. The number of aliphatic carboxylic acids is 1. The number of hydrogen-bond donors (Lipinski definition) is 1. The van der Waals surface area contributed by atoms with Crippen molar-refractivity contribution in [1.82, 2.24) is 4.90 Å². The van der Waals surface area contributed by atoms with E-state index in [0.29, 0.717) is 11.6 Å². The van der Waals surface area contributed by atoms with Crippen LogP contribution in [0, 0.1) is 0 Å². The summed E-state index contributed by atoms with van der Waals surface area (Å²) in [5.74, 6) is -1.000. The van der Waals surface area contributed by atoms with Crippen LogP contribution < -0.4 is 0 Å². The first-order valence-corrected chi connectivity index (χ1v) is 6.94. The van der Waals surface area contributed by atoms with Crippen LogP contribution >= 0.6 is 11.6 Å². The lowest BCUT2D eigenvalue weighted by molar-refractivity contribution is -0.140. The maximum Gasteiger partial charge on any atom is 0.305 e. The summed E-state index contributed by atoms with van der Waals surface area (Å²) in [5, 5.41) is 9.32. The number of benzene rings is 1. The summed E-state index contributed by atoms with van der Waals surface area (Å²) < 4.78 is 0. The second kappa shape index (κ2) is 6.75. The molecule has 0 radical (unpaired) electrons. The van der Waals surface area contributed by atoms with Gasteiger partial charge in [-0.15, -0.1) is 0 Å². The Morgan fingerprint density at radius 3 is 2.50 bits per heavy atom. The Morgan fingerprint density at radius 2 is 2.00 bits per heavy atom. The van der Waals surface area contributed by atoms with E-state index in [2.05, 4.69) is 0 Å². The first-order valence-electron chi connectivity index (χ1n) is 6.56. The third-order valence-electron chi connectivity index (χ3n) is 3.35. The van der Waals surface area contributed by atoms with E-state index in [-0.39, 0.29) is 18.9 Å². The summed E-state index contributed by atoms with van der Waals surface area (Å²) in [5.41, 5.74) is 0.0862. The van der Waals surface area contributed by atoms with Gasteiger partial charge in [-0.3, -0.25) is 9.59 Å². The van der Waals surface area contributed by atoms with Gasteiger partial charge in [-0.2, -0.15) is 0 Å². The number of halogens is 1. The maximum atomic E-state index is 12.6. The molecule has 5 heteroatoms. The number of hydrogen-bond acceptors (Lipinski definition) is 2. The number of rotatable bonds is 6. The molecule has 0 heterocycles. The molecule has 1 amide bonds. The Balaban J connectivity index is 2.94. The fourth-order valence-corrected chi connectivity index (χ4v) is 2.22. The molecule has 0 aliphatic heterocycles. The van der Waals surface area contributed by atoms with Crippen molar-refractivity contribution in [2.75, 3.05) is 13.1 Å². The van der Waals surface area contributed by atoms with Crippen molar-refractivity contribution in [3.05, 3.63) is 34.9 Å². The van der Waals surface area contributed by atoms with Gasteiger partial charge in [0.15, 0.2) is 0 Å². The maximum absolute atomic E-state index is 12.6. The molecule has 0 unspecified atom stereocenters. The van der Waals surface area contributed by atoms with Gasteiger partial charge in [0.05, 0.1) is 11.8 Å². The third kappa shape index (κ3) is 3.97. The Labute approximate surface area is 124 Å². The normalized spacial score (nSPS) is 11.2. The van der Waals surface area contributed by atoms with Gasteiger partial charge in [0.1, 0.15) is 0 Å². The minimum Gasteiger partial charge on any atom is -0.481 e. The summed E-state index contributed by atoms with van der Waals surface area (Å²) in [7, 11) is 0. The van der Waals surface area contributed by atoms with Crippen molar-refractivity contribution in [3.63, 3.8) is 0 Å². The van der Waals surface area contributed by atoms with Gasteiger partial charge in [0, 0.05) is 18.1 Å². The predicted molar refractivity (Wildman–Crippen MR) is 79.0 cm³/mol. The molecule has 4 nitrogen and oxygen atoms in total. The van der Waals surface area contributed by atoms with Crippen molar-refractivity contribution in [3.8, 4) is 0 Å². The molecular formula is C15H20ClNO3. The Bertz CT molecular complexity index is 500. The van der Waals surface area contributed by atoms with E-state index >= 15 is 0 Å². The number of carbonyl (C=O) groups excluding carboxylic acids is 1. The fraction of sp³-hybridized carbons (Fsp3) is 0.467. The Kier molecular flexibility index (Phi) is 5.57. The molecule has 0 fully saturated rings. The SMILES string of the molecule is CCN(CCC(=O)O)C(=O)C(C)(C)c1cccc(Cl)c1. The van der Waals surface area contributed by atoms with Crippen molar-refractivity contribution in [2.45, 2.75) is 32.6 Å². The average Bonchev–Trinajstić information content (AvgIpc) is 2.38. The van der Waals surface area contributed by atoms with Gasteiger partial charge in [-0.1, -0.05) is 23.7 Å². The van der Waals surface area contributed by atoms with Crippen LogP contribution in [-0.4, -0.2) is 35.0 Å². The lowest BCUT2D eigenvalue weighted by Crippen LogP contribution is -2.44. The zero-order chi connectivity index (χ0) is 15.3. The first kappa shape index (κ1) is 16.5. The summed E-state index contributed by atoms with van der Waals surface area (Å²) in [6.45, 7) is 6.19. The summed E-state index contributed by atoms with van der Waals surface area (Å²) >= 11 is 5.97. The Morgan fingerprint density at radius 1 is 1.35 bits per heavy atom. The highest BCUT2D eigenvalue weighted by Crippen LogP contribution is 2.27. The number of nitrogens with zero attached hydrogens (tertiary/aromatic N) is 1. The van der Waals surface area contributed by atoms with E-state index in [1.165, 1.54) is 0 Å². The van der Waals surface area contributed by atoms with Gasteiger partial charge in [0.2, 0.25) is 5.91 Å². The lowest BCUT2D eigenvalue weighted by atomic mass is 9.83. The van der Waals surface area contributed by atoms with Crippen molar-refractivity contribution >= 4 is 23.5 Å². The van der Waals surface area contributed by atoms with E-state index in [1.54, 1.807) is 23.1 Å². The minimum atomic E-state index is -0.906. The topological polar surface area (TPSA) is 57.6 Å². The van der Waals surface area contributed by atoms with Gasteiger partial charge < -0.3 is 10.0 Å². The van der Waals surface area contributed by atoms with E-state index in [0.717, 1.165) is 5.56 Å². The summed E-state index contributed by atoms with van der Waals surface area (Å²) in [4.78, 5) is 24.8. The highest BCUT2D eigenvalue weighted by atomic mass is 35.5. The van der Waals surface area contributed by atoms with Crippen molar-refractivity contribution in [2.24, 2.45) is 0 Å². The molecule has 1 N–H and O–H groups in total. The zero-order valence-electron chi connectivity index (χ0n) is 12.0. The molecule has 1 aromatic rings. The van der Waals surface area contributed by atoms with Gasteiger partial charge in [0.25, 0.3) is 0 Å². The molecule has 1 rings (SSSR count). The van der Waals surface area contributed by atoms with E-state index in [9.17, 15) is 9.59 Å². The van der Waals surface area contributed by atoms with Crippen LogP contribution in [0.1, 0.15) is 32.8 Å². The Hall–Kier alpha value is -1.55. The highest BCUT2D eigenvalue weighted by molar-refractivity contribution is 6.30. The second-order valence-electron chi connectivity index (χ2n) is 5.16. The van der Waals surface area contributed by atoms with Crippen LogP contribution in [0.25, 0.3) is 0 Å². The van der Waals surface area contributed by atoms with E-state index in [4.69, 9.17) is 16.7 Å². The number of amides is 1. The molecule has 0 spiro atoms. The minimum absolute atomic E-state index is 0.0504. The molecule has 1 aromatic carbocycles. The van der Waals surface area contributed by atoms with Gasteiger partial charge in [-0.05, 0) is 38.5 Å². The quantitative estimate of drug-likeness (QED) is 0.878. The molecule has 0 aliphatic rings. The van der Waals surface area contributed by atoms with Crippen molar-refractivity contribution < 1.29 is 14.7 Å². The standard InChI is InChI=1S/C15H20ClNO3/c1-4-17(9-8-13(18)19)14(20)15(2,3)11-6-5-7-12(16)10-11/h5-7,10H,4,8-9H2,1-3H3,(H,18,19). The molecule has 0 aliphatic carbocycles. The zero-order valence-corrected chi connectivity index (χ0v) is 12.8. The summed E-state index contributed by atoms with van der Waals surface area (Å²) in [6.07, 6.45) is -0.0504. The van der Waals surface area contributed by atoms with Crippen LogP contribution in [-0.2, 0) is 15.0 Å². The van der Waals surface area contributed by atoms with Crippen LogP contribution in [0.3, 0.4) is 0 Å². The molecule has 0 bridgehead atoms. The predicted octanol–water partition coefficient (Wildman–Crippen LogP) is 2.94. The second-order valence-corrected chi connectivity index (χ2v) is 5.60. The van der Waals surface area contributed by atoms with Crippen LogP contribution in [0.4, 0.5) is 0 Å². The van der Waals surface area contributed by atoms with Crippen LogP contribution in [0.15, 0.2) is 24.3 Å². The molecule has 0 saturated heterocycles. The van der Waals surface area contributed by atoms with E-state index in [1.807, 2.05) is 26.8 Å². The van der Waals surface area contributed by atoms with Crippen molar-refractivity contribution in [1.29, 1.82) is 0 Å². The van der Waals surface area contributed by atoms with Gasteiger partial charge >= 0.3 is 5.97 Å². The molecule has 20 heavy (non-hydrogen) atoms. The number of carboxylic acid groups (broad SMARTS) is 1. The largest absolute Gasteiger partial charge is 0.481 e. The molecular weight excluding hydrogens is 278 g/mol. The average molecular weight is 298 g/mol. The molecule has 0 atom stereocenters. The molecule has 0 saturated carbocycles. The molecule has 110 valence electrons. The lowest BCUT2D eigenvalue weighted by Gasteiger charge is -2.31. The monoisotopic (exact) mass is 297 g/mol. The molecule has 0 aromatic heterocycles. The van der Waals surface area contributed by atoms with Crippen LogP contribution in [0.2, 0.25) is 5.02 Å². The van der Waals surface area contributed by atoms with E-state index < -0.39 is 11.4 Å². The number of likely N-dealkylation sites (N-methyl/N-ethyl adjacent to an activating group) is 1. The smallest absolute Gasteiger partial charge is 0.305 e. The van der Waals surface area contributed by atoms with Gasteiger partial charge in [-0.25, -0.2) is 0 Å². The van der Waals surface area contributed by atoms with Crippen LogP contribution in [0.5, 0.6) is 0 Å².